The van der Waals surface area contributed by atoms with Crippen molar-refractivity contribution in [3.8, 4) is 0 Å². The van der Waals surface area contributed by atoms with Crippen molar-refractivity contribution in [3.63, 3.8) is 0 Å². The molecule has 34 heavy (non-hydrogen) atoms. The zero-order chi connectivity index (χ0) is 23.7. The molecule has 0 saturated carbocycles. The number of nitrogens with zero attached hydrogens (tertiary/aromatic N) is 3. The van der Waals surface area contributed by atoms with Gasteiger partial charge in [-0.3, -0.25) is 10.1 Å². The van der Waals surface area contributed by atoms with Crippen LogP contribution in [-0.2, 0) is 13.0 Å². The fourth-order valence-electron chi connectivity index (χ4n) is 4.55. The number of amides is 3. The van der Waals surface area contributed by atoms with Gasteiger partial charge in [0.25, 0.3) is 5.91 Å². The van der Waals surface area contributed by atoms with Crippen LogP contribution in [0.4, 0.5) is 21.3 Å². The van der Waals surface area contributed by atoms with Gasteiger partial charge in [0.05, 0.1) is 11.7 Å². The summed E-state index contributed by atoms with van der Waals surface area (Å²) in [6, 6.07) is 14.4. The summed E-state index contributed by atoms with van der Waals surface area (Å²) in [4.78, 5) is 35.9. The highest BCUT2D eigenvalue weighted by Gasteiger charge is 2.30. The Labute approximate surface area is 202 Å². The van der Waals surface area contributed by atoms with Crippen LogP contribution in [0.3, 0.4) is 0 Å². The molecule has 1 unspecified atom stereocenters. The maximum Gasteiger partial charge on any atom is 0.322 e. The summed E-state index contributed by atoms with van der Waals surface area (Å²) in [5.74, 6) is -0.183. The third-order valence-corrected chi connectivity index (χ3v) is 7.35. The SMILES string of the molecule is CN1CCc2nc(NC(=O)c3cccc(C4CCCN4C(=O)Nc4ccc(N)cc4)c3)sc2C1. The molecule has 2 aliphatic rings. The minimum absolute atomic E-state index is 0.0794. The van der Waals surface area contributed by atoms with Crippen LogP contribution in [-0.4, -0.2) is 46.9 Å². The van der Waals surface area contributed by atoms with E-state index in [-0.39, 0.29) is 18.0 Å². The van der Waals surface area contributed by atoms with Crippen molar-refractivity contribution in [2.75, 3.05) is 36.5 Å². The minimum atomic E-state index is -0.183. The molecule has 176 valence electrons. The highest BCUT2D eigenvalue weighted by atomic mass is 32.1. The lowest BCUT2D eigenvalue weighted by Crippen LogP contribution is -2.34. The van der Waals surface area contributed by atoms with Gasteiger partial charge in [-0.1, -0.05) is 12.1 Å². The van der Waals surface area contributed by atoms with Crippen LogP contribution < -0.4 is 16.4 Å². The van der Waals surface area contributed by atoms with E-state index in [4.69, 9.17) is 5.73 Å². The molecule has 9 heteroatoms. The first-order valence-electron chi connectivity index (χ1n) is 11.5. The van der Waals surface area contributed by atoms with Crippen LogP contribution in [0.2, 0.25) is 0 Å². The van der Waals surface area contributed by atoms with Gasteiger partial charge in [-0.05, 0) is 61.9 Å². The van der Waals surface area contributed by atoms with Gasteiger partial charge in [-0.25, -0.2) is 9.78 Å². The number of nitrogen functional groups attached to an aromatic ring is 1. The van der Waals surface area contributed by atoms with E-state index < -0.39 is 0 Å². The van der Waals surface area contributed by atoms with Crippen molar-refractivity contribution in [3.05, 3.63) is 70.2 Å². The van der Waals surface area contributed by atoms with Crippen LogP contribution in [0, 0.1) is 0 Å². The zero-order valence-electron chi connectivity index (χ0n) is 19.1. The molecule has 0 radical (unpaired) electrons. The maximum atomic E-state index is 13.0. The average molecular weight is 477 g/mol. The Hall–Kier alpha value is -3.43. The van der Waals surface area contributed by atoms with Crippen LogP contribution in [0.15, 0.2) is 48.5 Å². The number of nitrogens with one attached hydrogen (secondary N) is 2. The molecule has 3 aromatic rings. The number of fused-ring (bicyclic) bond motifs is 1. The second-order valence-corrected chi connectivity index (χ2v) is 9.94. The number of carbonyl (C=O) groups excluding carboxylic acids is 2. The number of aromatic nitrogens is 1. The molecule has 8 nitrogen and oxygen atoms in total. The first-order valence-corrected chi connectivity index (χ1v) is 12.3. The Kier molecular flexibility index (Phi) is 6.21. The molecule has 0 bridgehead atoms. The summed E-state index contributed by atoms with van der Waals surface area (Å²) < 4.78 is 0. The Balaban J connectivity index is 1.28. The number of benzene rings is 2. The van der Waals surface area contributed by atoms with Crippen LogP contribution in [0.5, 0.6) is 0 Å². The van der Waals surface area contributed by atoms with Gasteiger partial charge < -0.3 is 20.9 Å². The lowest BCUT2D eigenvalue weighted by Gasteiger charge is -2.25. The average Bonchev–Trinajstić information content (AvgIpc) is 3.47. The number of nitrogens with two attached hydrogens (primary N) is 1. The molecule has 1 saturated heterocycles. The van der Waals surface area contributed by atoms with Crippen molar-refractivity contribution >= 4 is 39.8 Å². The second-order valence-electron chi connectivity index (χ2n) is 8.86. The molecule has 1 fully saturated rings. The minimum Gasteiger partial charge on any atom is -0.399 e. The summed E-state index contributed by atoms with van der Waals surface area (Å²) in [5.41, 5.74) is 9.69. The van der Waals surface area contributed by atoms with Gasteiger partial charge >= 0.3 is 6.03 Å². The van der Waals surface area contributed by atoms with E-state index in [2.05, 4.69) is 27.6 Å². The van der Waals surface area contributed by atoms with E-state index in [1.807, 2.05) is 23.1 Å². The number of anilines is 3. The van der Waals surface area contributed by atoms with Gasteiger partial charge in [0.1, 0.15) is 0 Å². The number of likely N-dealkylation sites (tertiary alicyclic amines) is 1. The number of rotatable bonds is 4. The summed E-state index contributed by atoms with van der Waals surface area (Å²) in [6.45, 7) is 2.52. The highest BCUT2D eigenvalue weighted by Crippen LogP contribution is 2.33. The number of urea groups is 1. The molecule has 3 amide bonds. The van der Waals surface area contributed by atoms with Crippen LogP contribution in [0.25, 0.3) is 0 Å². The molecule has 0 aliphatic carbocycles. The third-order valence-electron chi connectivity index (χ3n) is 6.35. The number of carbonyl (C=O) groups is 2. The monoisotopic (exact) mass is 476 g/mol. The predicted octanol–water partition coefficient (Wildman–Crippen LogP) is 4.33. The van der Waals surface area contributed by atoms with Crippen LogP contribution in [0.1, 0.15) is 45.4 Å². The lowest BCUT2D eigenvalue weighted by molar-refractivity contribution is 0.102. The van der Waals surface area contributed by atoms with Gasteiger partial charge in [-0.15, -0.1) is 11.3 Å². The smallest absolute Gasteiger partial charge is 0.322 e. The Morgan fingerprint density at radius 3 is 2.76 bits per heavy atom. The molecule has 1 atom stereocenters. The van der Waals surface area contributed by atoms with Crippen molar-refractivity contribution in [1.82, 2.24) is 14.8 Å². The van der Waals surface area contributed by atoms with Gasteiger partial charge in [0, 0.05) is 47.9 Å². The Bertz CT molecular complexity index is 1210. The molecule has 2 aliphatic heterocycles. The second kappa shape index (κ2) is 9.44. The topological polar surface area (TPSA) is 104 Å². The largest absolute Gasteiger partial charge is 0.399 e. The first-order chi connectivity index (χ1) is 16.5. The first kappa shape index (κ1) is 22.4. The van der Waals surface area contributed by atoms with Crippen molar-refractivity contribution in [2.45, 2.75) is 31.8 Å². The summed E-state index contributed by atoms with van der Waals surface area (Å²) in [5, 5.41) is 6.56. The molecule has 4 N–H and O–H groups in total. The summed E-state index contributed by atoms with van der Waals surface area (Å²) in [7, 11) is 2.09. The van der Waals surface area contributed by atoms with Crippen molar-refractivity contribution in [1.29, 1.82) is 0 Å². The van der Waals surface area contributed by atoms with Gasteiger partial charge in [-0.2, -0.15) is 0 Å². The molecule has 2 aromatic carbocycles. The normalized spacial score (nSPS) is 17.9. The molecular weight excluding hydrogens is 448 g/mol. The Morgan fingerprint density at radius 2 is 1.94 bits per heavy atom. The fourth-order valence-corrected chi connectivity index (χ4v) is 5.63. The van der Waals surface area contributed by atoms with E-state index in [1.54, 1.807) is 41.7 Å². The van der Waals surface area contributed by atoms with E-state index in [9.17, 15) is 9.59 Å². The van der Waals surface area contributed by atoms with Crippen molar-refractivity contribution in [2.24, 2.45) is 0 Å². The number of hydrogen-bond donors (Lipinski definition) is 3. The van der Waals surface area contributed by atoms with E-state index in [1.165, 1.54) is 4.88 Å². The standard InChI is InChI=1S/C25H28N6O2S/c1-30-13-11-20-22(15-30)34-24(28-20)29-23(32)17-5-2-4-16(14-17)21-6-3-12-31(21)25(33)27-19-9-7-18(26)8-10-19/h2,4-5,7-10,14,21H,3,6,11-13,15,26H2,1H3,(H,27,33)(H,28,29,32). The van der Waals surface area contributed by atoms with Crippen LogP contribution >= 0.6 is 11.3 Å². The van der Waals surface area contributed by atoms with Gasteiger partial charge in [0.15, 0.2) is 5.13 Å². The van der Waals surface area contributed by atoms with E-state index in [0.717, 1.165) is 43.6 Å². The lowest BCUT2D eigenvalue weighted by atomic mass is 10.0. The maximum absolute atomic E-state index is 13.0. The van der Waals surface area contributed by atoms with Gasteiger partial charge in [0.2, 0.25) is 0 Å². The molecule has 3 heterocycles. The number of hydrogen-bond acceptors (Lipinski definition) is 6. The van der Waals surface area contributed by atoms with Crippen molar-refractivity contribution < 1.29 is 9.59 Å². The van der Waals surface area contributed by atoms with E-state index in [0.29, 0.717) is 28.6 Å². The number of likely N-dealkylation sites (N-methyl/N-ethyl adjacent to an activating group) is 1. The van der Waals surface area contributed by atoms with E-state index >= 15 is 0 Å². The number of thiazole rings is 1. The molecular formula is C25H28N6O2S. The summed E-state index contributed by atoms with van der Waals surface area (Å²) in [6.07, 6.45) is 2.67. The molecule has 5 rings (SSSR count). The fraction of sp³-hybridized carbons (Fsp3) is 0.320. The quantitative estimate of drug-likeness (QED) is 0.486. The zero-order valence-corrected chi connectivity index (χ0v) is 19.9. The highest BCUT2D eigenvalue weighted by molar-refractivity contribution is 7.15. The summed E-state index contributed by atoms with van der Waals surface area (Å²) >= 11 is 1.54. The third kappa shape index (κ3) is 4.76. The molecule has 1 aromatic heterocycles. The predicted molar refractivity (Wildman–Crippen MR) is 135 cm³/mol. The molecule has 0 spiro atoms. The Morgan fingerprint density at radius 1 is 1.12 bits per heavy atom.